The summed E-state index contributed by atoms with van der Waals surface area (Å²) in [5.74, 6) is -3.28. The summed E-state index contributed by atoms with van der Waals surface area (Å²) in [7, 11) is 0. The molecule has 0 aromatic carbocycles. The van der Waals surface area contributed by atoms with Gasteiger partial charge >= 0.3 is 23.9 Å². The molecule has 1 aliphatic heterocycles. The van der Waals surface area contributed by atoms with E-state index in [1.807, 2.05) is 18.2 Å². The minimum absolute atomic E-state index is 0.0746. The molecule has 1 aliphatic rings. The molecule has 6 unspecified atom stereocenters. The van der Waals surface area contributed by atoms with E-state index in [9.17, 15) is 34.5 Å². The molecule has 0 aromatic rings. The van der Waals surface area contributed by atoms with E-state index in [2.05, 4.69) is 136 Å². The number of aliphatic hydroxyl groups is 2. The van der Waals surface area contributed by atoms with E-state index >= 15 is 0 Å². The smallest absolute Gasteiger partial charge is 0.335 e. The van der Waals surface area contributed by atoms with Crippen LogP contribution in [-0.2, 0) is 42.9 Å². The first kappa shape index (κ1) is 75.9. The normalized spacial score (nSPS) is 18.5. The lowest BCUT2D eigenvalue weighted by Crippen LogP contribution is -2.61. The van der Waals surface area contributed by atoms with Gasteiger partial charge in [-0.25, -0.2) is 4.79 Å². The Kier molecular flexibility index (Phi) is 52.4. The summed E-state index contributed by atoms with van der Waals surface area (Å²) in [6.07, 6.45) is 68.4. The van der Waals surface area contributed by atoms with Crippen molar-refractivity contribution < 1.29 is 58.2 Å². The maximum Gasteiger partial charge on any atom is 0.335 e. The van der Waals surface area contributed by atoms with Crippen LogP contribution in [0.25, 0.3) is 0 Å². The van der Waals surface area contributed by atoms with E-state index in [0.29, 0.717) is 25.7 Å². The summed E-state index contributed by atoms with van der Waals surface area (Å²) in [5, 5.41) is 31.6. The van der Waals surface area contributed by atoms with Crippen LogP contribution >= 0.6 is 0 Å². The second-order valence-electron chi connectivity index (χ2n) is 21.3. The first-order chi connectivity index (χ1) is 40.6. The quantitative estimate of drug-likeness (QED) is 0.0228. The number of hydrogen-bond acceptors (Lipinski definition) is 11. The maximum atomic E-state index is 13.2. The highest BCUT2D eigenvalue weighted by atomic mass is 16.7. The number of unbranched alkanes of at least 4 members (excludes halogenated alkanes) is 17. The number of carbonyl (C=O) groups is 4. The second kappa shape index (κ2) is 57.3. The minimum Gasteiger partial charge on any atom is -0.479 e. The Morgan fingerprint density at radius 1 is 0.410 bits per heavy atom. The lowest BCUT2D eigenvalue weighted by Gasteiger charge is -2.40. The molecule has 83 heavy (non-hydrogen) atoms. The summed E-state index contributed by atoms with van der Waals surface area (Å²) in [5.41, 5.74) is 0. The van der Waals surface area contributed by atoms with Crippen LogP contribution in [0, 0.1) is 0 Å². The Morgan fingerprint density at radius 2 is 0.783 bits per heavy atom. The molecule has 6 atom stereocenters. The van der Waals surface area contributed by atoms with E-state index in [1.165, 1.54) is 44.9 Å². The van der Waals surface area contributed by atoms with Crippen molar-refractivity contribution in [2.24, 2.45) is 0 Å². The number of aliphatic hydroxyl groups excluding tert-OH is 2. The number of carboxylic acid groups (broad SMARTS) is 1. The van der Waals surface area contributed by atoms with E-state index in [4.69, 9.17) is 23.7 Å². The number of ether oxygens (including phenoxy) is 5. The van der Waals surface area contributed by atoms with Gasteiger partial charge in [0.2, 0.25) is 0 Å². The Bertz CT molecular complexity index is 1950. The van der Waals surface area contributed by atoms with Gasteiger partial charge in [0.05, 0.1) is 6.61 Å². The number of hydrogen-bond donors (Lipinski definition) is 3. The van der Waals surface area contributed by atoms with Gasteiger partial charge in [0.15, 0.2) is 24.6 Å². The summed E-state index contributed by atoms with van der Waals surface area (Å²) in [6.45, 7) is 5.78. The SMILES string of the molecule is CC/C=C\C/C=C\C/C=C\C/C=C\C/C=C\C/C=C\CCC(=O)OC1C(OCC(COC(=O)CCCCCCCC/C=C\C/C=C\C/C=C\CCCCC)OC(=O)CCCCCCC/C=C\C/C=C\CCCCC)OC(C(=O)O)C(O)C1O. The predicted octanol–water partition coefficient (Wildman–Crippen LogP) is 17.3. The zero-order chi connectivity index (χ0) is 60.3. The van der Waals surface area contributed by atoms with E-state index < -0.39 is 67.3 Å². The van der Waals surface area contributed by atoms with Gasteiger partial charge in [0.1, 0.15) is 18.8 Å². The van der Waals surface area contributed by atoms with Crippen molar-refractivity contribution in [2.75, 3.05) is 13.2 Å². The average Bonchev–Trinajstić information content (AvgIpc) is 3.60. The molecular weight excluding hydrogens is 1040 g/mol. The highest BCUT2D eigenvalue weighted by Crippen LogP contribution is 2.26. The molecule has 0 saturated carbocycles. The number of carbonyl (C=O) groups excluding carboxylic acids is 3. The average molecular weight is 1160 g/mol. The molecule has 0 spiro atoms. The van der Waals surface area contributed by atoms with Crippen molar-refractivity contribution in [3.8, 4) is 0 Å². The van der Waals surface area contributed by atoms with Crippen molar-refractivity contribution in [1.82, 2.24) is 0 Å². The highest BCUT2D eigenvalue weighted by Gasteiger charge is 2.50. The fraction of sp³-hybridized carbons (Fsp3) is 0.634. The molecule has 1 heterocycles. The van der Waals surface area contributed by atoms with Gasteiger partial charge in [0, 0.05) is 19.3 Å². The lowest BCUT2D eigenvalue weighted by molar-refractivity contribution is -0.301. The number of rotatable bonds is 53. The lowest BCUT2D eigenvalue weighted by atomic mass is 9.98. The monoisotopic (exact) mass is 1160 g/mol. The predicted molar refractivity (Wildman–Crippen MR) is 340 cm³/mol. The van der Waals surface area contributed by atoms with Crippen molar-refractivity contribution in [3.63, 3.8) is 0 Å². The Labute approximate surface area is 502 Å². The molecule has 0 amide bonds. The van der Waals surface area contributed by atoms with Gasteiger partial charge in [0.25, 0.3) is 0 Å². The minimum atomic E-state index is -1.94. The Balaban J connectivity index is 2.73. The van der Waals surface area contributed by atoms with Crippen molar-refractivity contribution in [2.45, 2.75) is 276 Å². The van der Waals surface area contributed by atoms with Crippen LogP contribution in [0.1, 0.15) is 239 Å². The third-order valence-electron chi connectivity index (χ3n) is 13.7. The fourth-order valence-electron chi connectivity index (χ4n) is 8.78. The van der Waals surface area contributed by atoms with Crippen LogP contribution in [0.3, 0.4) is 0 Å². The standard InChI is InChI=1S/C71H112O12/c1-4-7-10-13-16-19-22-25-28-30-32-34-37-39-42-45-48-51-54-57-63(72)79-60-62(81-64(73)58-55-52-49-46-43-40-36-27-24-21-18-15-12-9-6-3)61-80-71-69(67(76)66(75)68(83-71)70(77)78)82-65(74)59-56-53-50-47-44-41-38-35-33-31-29-26-23-20-17-14-11-8-5-2/h8,11,16-21,25-29,32-36,41,44,50,53,62,66-69,71,75-76H,4-7,9-10,12-15,22-24,30-31,37-40,42-43,45-49,51-52,54-61H2,1-3H3,(H,77,78)/b11-8-,19-16-,20-17-,21-18-,28-25-,29-26-,34-32-,35-33-,36-27-,44-41-,53-50-. The molecule has 0 radical (unpaired) electrons. The largest absolute Gasteiger partial charge is 0.479 e. The van der Waals surface area contributed by atoms with Gasteiger partial charge < -0.3 is 39.0 Å². The van der Waals surface area contributed by atoms with Crippen LogP contribution in [-0.4, -0.2) is 89.2 Å². The highest BCUT2D eigenvalue weighted by molar-refractivity contribution is 5.74. The van der Waals surface area contributed by atoms with Crippen LogP contribution in [0.5, 0.6) is 0 Å². The second-order valence-corrected chi connectivity index (χ2v) is 21.3. The summed E-state index contributed by atoms with van der Waals surface area (Å²) >= 11 is 0. The van der Waals surface area contributed by atoms with Crippen LogP contribution in [0.15, 0.2) is 134 Å². The molecule has 12 nitrogen and oxygen atoms in total. The van der Waals surface area contributed by atoms with Crippen molar-refractivity contribution in [3.05, 3.63) is 134 Å². The molecule has 1 saturated heterocycles. The fourth-order valence-corrected chi connectivity index (χ4v) is 8.78. The van der Waals surface area contributed by atoms with Crippen molar-refractivity contribution in [1.29, 1.82) is 0 Å². The molecule has 0 bridgehead atoms. The van der Waals surface area contributed by atoms with Crippen LogP contribution < -0.4 is 0 Å². The first-order valence-electron chi connectivity index (χ1n) is 32.2. The van der Waals surface area contributed by atoms with Gasteiger partial charge in [-0.2, -0.15) is 0 Å². The van der Waals surface area contributed by atoms with E-state index in [1.54, 1.807) is 0 Å². The van der Waals surface area contributed by atoms with Crippen molar-refractivity contribution >= 4 is 23.9 Å². The zero-order valence-corrected chi connectivity index (χ0v) is 51.6. The summed E-state index contributed by atoms with van der Waals surface area (Å²) in [4.78, 5) is 51.3. The Morgan fingerprint density at radius 3 is 1.20 bits per heavy atom. The molecule has 0 aromatic heterocycles. The van der Waals surface area contributed by atoms with Gasteiger partial charge in [-0.05, 0) is 128 Å². The van der Waals surface area contributed by atoms with E-state index in [0.717, 1.165) is 128 Å². The zero-order valence-electron chi connectivity index (χ0n) is 51.6. The number of allylic oxidation sites excluding steroid dienone is 22. The first-order valence-corrected chi connectivity index (χ1v) is 32.2. The molecule has 1 fully saturated rings. The molecule has 12 heteroatoms. The molecule has 1 rings (SSSR count). The topological polar surface area (TPSA) is 175 Å². The summed E-state index contributed by atoms with van der Waals surface area (Å²) < 4.78 is 28.4. The van der Waals surface area contributed by atoms with Gasteiger partial charge in [-0.3, -0.25) is 14.4 Å². The number of carboxylic acids is 1. The maximum absolute atomic E-state index is 13.2. The van der Waals surface area contributed by atoms with Gasteiger partial charge in [-0.1, -0.05) is 225 Å². The summed E-state index contributed by atoms with van der Waals surface area (Å²) in [6, 6.07) is 0. The number of aliphatic carboxylic acids is 1. The third kappa shape index (κ3) is 46.9. The van der Waals surface area contributed by atoms with Crippen LogP contribution in [0.2, 0.25) is 0 Å². The van der Waals surface area contributed by atoms with Crippen LogP contribution in [0.4, 0.5) is 0 Å². The third-order valence-corrected chi connectivity index (χ3v) is 13.7. The Hall–Kier alpha value is -5.14. The molecule has 3 N–H and O–H groups in total. The van der Waals surface area contributed by atoms with Gasteiger partial charge in [-0.15, -0.1) is 0 Å². The number of esters is 3. The molecular formula is C71H112O12. The van der Waals surface area contributed by atoms with E-state index in [-0.39, 0.29) is 25.9 Å². The molecule has 468 valence electrons. The molecule has 0 aliphatic carbocycles.